The van der Waals surface area contributed by atoms with Gasteiger partial charge in [-0.25, -0.2) is 4.99 Å². The number of nitro benzene ring substituents is 1. The molecule has 0 aliphatic carbocycles. The molecule has 1 aliphatic heterocycles. The number of nitro groups is 1. The first-order valence-corrected chi connectivity index (χ1v) is 9.98. The first-order chi connectivity index (χ1) is 15.3. The first kappa shape index (κ1) is 22.4. The van der Waals surface area contributed by atoms with Crippen LogP contribution in [0.25, 0.3) is 5.70 Å². The Hall–Kier alpha value is -4.32. The third kappa shape index (κ3) is 4.87. The number of hydrogen-bond acceptors (Lipinski definition) is 6. The van der Waals surface area contributed by atoms with Crippen LogP contribution in [0, 0.1) is 27.4 Å². The second-order valence-corrected chi connectivity index (χ2v) is 7.54. The van der Waals surface area contributed by atoms with Gasteiger partial charge in [0.25, 0.3) is 17.5 Å². The van der Waals surface area contributed by atoms with Crippen molar-refractivity contribution in [3.8, 4) is 6.07 Å². The van der Waals surface area contributed by atoms with Crippen LogP contribution in [0.1, 0.15) is 41.8 Å². The van der Waals surface area contributed by atoms with Crippen molar-refractivity contribution in [2.45, 2.75) is 20.3 Å². The second-order valence-electron chi connectivity index (χ2n) is 7.54. The Bertz CT molecular complexity index is 1170. The Kier molecular flexibility index (Phi) is 6.75. The SMILES string of the molecule is CC(C)CCNC(=O)/C(C#N)=C1\N=C(NC(=O)c2ccc([N+](=O)[O-])cc2)c2ccccc21. The summed E-state index contributed by atoms with van der Waals surface area (Å²) in [7, 11) is 0. The highest BCUT2D eigenvalue weighted by molar-refractivity contribution is 6.20. The van der Waals surface area contributed by atoms with Crippen molar-refractivity contribution in [1.29, 1.82) is 5.26 Å². The summed E-state index contributed by atoms with van der Waals surface area (Å²) >= 11 is 0. The lowest BCUT2D eigenvalue weighted by Crippen LogP contribution is -2.30. The van der Waals surface area contributed by atoms with Gasteiger partial charge in [-0.3, -0.25) is 19.7 Å². The normalized spacial score (nSPS) is 13.6. The maximum atomic E-state index is 12.7. The maximum absolute atomic E-state index is 12.7. The van der Waals surface area contributed by atoms with Crippen molar-refractivity contribution < 1.29 is 14.5 Å². The molecule has 0 spiro atoms. The van der Waals surface area contributed by atoms with E-state index in [-0.39, 0.29) is 28.4 Å². The van der Waals surface area contributed by atoms with E-state index >= 15 is 0 Å². The number of nitriles is 1. The first-order valence-electron chi connectivity index (χ1n) is 9.98. The number of benzene rings is 2. The summed E-state index contributed by atoms with van der Waals surface area (Å²) in [6.45, 7) is 4.50. The summed E-state index contributed by atoms with van der Waals surface area (Å²) in [4.78, 5) is 39.9. The lowest BCUT2D eigenvalue weighted by atomic mass is 10.0. The molecule has 2 amide bonds. The average molecular weight is 431 g/mol. The van der Waals surface area contributed by atoms with E-state index in [2.05, 4.69) is 15.6 Å². The number of nitrogens with zero attached hydrogens (tertiary/aromatic N) is 3. The van der Waals surface area contributed by atoms with Crippen molar-refractivity contribution in [3.63, 3.8) is 0 Å². The summed E-state index contributed by atoms with van der Waals surface area (Å²) in [5.41, 5.74) is 1.25. The zero-order valence-electron chi connectivity index (χ0n) is 17.6. The minimum atomic E-state index is -0.550. The highest BCUT2D eigenvalue weighted by Gasteiger charge is 2.27. The second kappa shape index (κ2) is 9.66. The van der Waals surface area contributed by atoms with Crippen molar-refractivity contribution >= 4 is 29.0 Å². The molecule has 1 heterocycles. The van der Waals surface area contributed by atoms with E-state index in [1.807, 2.05) is 19.9 Å². The third-order valence-electron chi connectivity index (χ3n) is 4.82. The molecule has 3 rings (SSSR count). The number of carbonyl (C=O) groups excluding carboxylic acids is 2. The fraction of sp³-hybridized carbons (Fsp3) is 0.217. The third-order valence-corrected chi connectivity index (χ3v) is 4.82. The summed E-state index contributed by atoms with van der Waals surface area (Å²) in [5, 5.41) is 25.8. The Labute approximate surface area is 184 Å². The molecule has 2 aromatic carbocycles. The van der Waals surface area contributed by atoms with E-state index in [4.69, 9.17) is 0 Å². The molecular formula is C23H21N5O4. The largest absolute Gasteiger partial charge is 0.351 e. The van der Waals surface area contributed by atoms with Gasteiger partial charge < -0.3 is 10.6 Å². The highest BCUT2D eigenvalue weighted by atomic mass is 16.6. The molecule has 0 aromatic heterocycles. The molecule has 0 unspecified atom stereocenters. The quantitative estimate of drug-likeness (QED) is 0.313. The minimum Gasteiger partial charge on any atom is -0.351 e. The van der Waals surface area contributed by atoms with Gasteiger partial charge in [0.15, 0.2) is 0 Å². The smallest absolute Gasteiger partial charge is 0.269 e. The topological polar surface area (TPSA) is 137 Å². The van der Waals surface area contributed by atoms with E-state index < -0.39 is 16.7 Å². The molecule has 0 bridgehead atoms. The van der Waals surface area contributed by atoms with Crippen LogP contribution in [0.3, 0.4) is 0 Å². The van der Waals surface area contributed by atoms with Crippen molar-refractivity contribution in [2.75, 3.05) is 6.54 Å². The Morgan fingerprint density at radius 3 is 2.38 bits per heavy atom. The van der Waals surface area contributed by atoms with E-state index in [9.17, 15) is 25.0 Å². The highest BCUT2D eigenvalue weighted by Crippen LogP contribution is 2.30. The number of fused-ring (bicyclic) bond motifs is 1. The van der Waals surface area contributed by atoms with E-state index in [0.29, 0.717) is 23.6 Å². The molecule has 2 N–H and O–H groups in total. The molecule has 1 aliphatic rings. The summed E-state index contributed by atoms with van der Waals surface area (Å²) in [5.74, 6) is -0.444. The Morgan fingerprint density at radius 2 is 1.78 bits per heavy atom. The average Bonchev–Trinajstić information content (AvgIpc) is 3.12. The zero-order valence-corrected chi connectivity index (χ0v) is 17.6. The summed E-state index contributed by atoms with van der Waals surface area (Å²) in [6, 6.07) is 14.0. The molecule has 0 atom stereocenters. The Morgan fingerprint density at radius 1 is 1.12 bits per heavy atom. The number of rotatable bonds is 6. The number of amidine groups is 1. The Balaban J connectivity index is 1.89. The van der Waals surface area contributed by atoms with Crippen molar-refractivity contribution in [3.05, 3.63) is 80.9 Å². The predicted molar refractivity (Wildman–Crippen MR) is 119 cm³/mol. The lowest BCUT2D eigenvalue weighted by Gasteiger charge is -2.07. The summed E-state index contributed by atoms with van der Waals surface area (Å²) < 4.78 is 0. The standard InChI is InChI=1S/C23H21N5O4/c1-14(2)11-12-25-23(30)19(13-24)20-17-5-3-4-6-18(17)21(26-20)27-22(29)15-7-9-16(10-8-15)28(31)32/h3-10,14H,11-12H2,1-2H3,(H,25,30)(H,26,27,29)/b20-19-. The van der Waals surface area contributed by atoms with Gasteiger partial charge in [-0.05, 0) is 24.5 Å². The molecule has 2 aromatic rings. The minimum absolute atomic E-state index is 0.127. The predicted octanol–water partition coefficient (Wildman–Crippen LogP) is 3.18. The van der Waals surface area contributed by atoms with Crippen LogP contribution in [-0.2, 0) is 4.79 Å². The molecule has 0 saturated carbocycles. The number of amides is 2. The van der Waals surface area contributed by atoms with Crippen LogP contribution in [0.5, 0.6) is 0 Å². The van der Waals surface area contributed by atoms with Gasteiger partial charge in [0.1, 0.15) is 17.5 Å². The van der Waals surface area contributed by atoms with Crippen LogP contribution in [0.2, 0.25) is 0 Å². The van der Waals surface area contributed by atoms with Crippen LogP contribution < -0.4 is 10.6 Å². The van der Waals surface area contributed by atoms with Crippen LogP contribution >= 0.6 is 0 Å². The molecule has 9 heteroatoms. The van der Waals surface area contributed by atoms with Crippen LogP contribution in [0.15, 0.2) is 59.1 Å². The zero-order chi connectivity index (χ0) is 23.3. The van der Waals surface area contributed by atoms with Crippen LogP contribution in [0.4, 0.5) is 5.69 Å². The van der Waals surface area contributed by atoms with E-state index in [1.165, 1.54) is 24.3 Å². The van der Waals surface area contributed by atoms with Gasteiger partial charge in [0.05, 0.1) is 10.6 Å². The van der Waals surface area contributed by atoms with E-state index in [1.54, 1.807) is 24.3 Å². The molecule has 0 saturated heterocycles. The number of aliphatic imine (C=N–C) groups is 1. The maximum Gasteiger partial charge on any atom is 0.269 e. The van der Waals surface area contributed by atoms with Crippen LogP contribution in [-0.4, -0.2) is 29.1 Å². The van der Waals surface area contributed by atoms with Crippen molar-refractivity contribution in [1.82, 2.24) is 10.6 Å². The van der Waals surface area contributed by atoms with Gasteiger partial charge in [-0.2, -0.15) is 5.26 Å². The number of carbonyl (C=O) groups is 2. The van der Waals surface area contributed by atoms with Gasteiger partial charge in [-0.15, -0.1) is 0 Å². The molecule has 0 radical (unpaired) electrons. The number of non-ortho nitro benzene ring substituents is 1. The number of nitrogens with one attached hydrogen (secondary N) is 2. The van der Waals surface area contributed by atoms with E-state index in [0.717, 1.165) is 6.42 Å². The lowest BCUT2D eigenvalue weighted by molar-refractivity contribution is -0.384. The molecule has 162 valence electrons. The monoisotopic (exact) mass is 431 g/mol. The molecular weight excluding hydrogens is 410 g/mol. The summed E-state index contributed by atoms with van der Waals surface area (Å²) in [6.07, 6.45) is 0.774. The molecule has 32 heavy (non-hydrogen) atoms. The van der Waals surface area contributed by atoms with Gasteiger partial charge in [0.2, 0.25) is 0 Å². The molecule has 9 nitrogen and oxygen atoms in total. The number of hydrogen-bond donors (Lipinski definition) is 2. The fourth-order valence-corrected chi connectivity index (χ4v) is 3.10. The molecule has 0 fully saturated rings. The van der Waals surface area contributed by atoms with Gasteiger partial charge in [0, 0.05) is 35.4 Å². The van der Waals surface area contributed by atoms with Crippen molar-refractivity contribution in [2.24, 2.45) is 10.9 Å². The van der Waals surface area contributed by atoms with Gasteiger partial charge in [-0.1, -0.05) is 38.1 Å². The fourth-order valence-electron chi connectivity index (χ4n) is 3.10. The van der Waals surface area contributed by atoms with Gasteiger partial charge >= 0.3 is 0 Å².